The second-order valence-electron chi connectivity index (χ2n) is 6.30. The number of hydrogen-bond acceptors (Lipinski definition) is 3. The molecule has 1 N–H and O–H groups in total. The van der Waals surface area contributed by atoms with E-state index in [2.05, 4.69) is 10.2 Å². The number of carbonyl (C=O) groups excluding carboxylic acids is 1. The van der Waals surface area contributed by atoms with Crippen molar-refractivity contribution >= 4 is 11.7 Å². The number of anilines is 1. The van der Waals surface area contributed by atoms with E-state index in [9.17, 15) is 9.18 Å². The van der Waals surface area contributed by atoms with E-state index >= 15 is 0 Å². The van der Waals surface area contributed by atoms with Crippen LogP contribution in [0.4, 0.5) is 14.9 Å². The Bertz CT molecular complexity index is 728. The van der Waals surface area contributed by atoms with Gasteiger partial charge in [-0.1, -0.05) is 18.2 Å². The summed E-state index contributed by atoms with van der Waals surface area (Å²) in [7, 11) is 0. The smallest absolute Gasteiger partial charge is 0.317 e. The Balaban J connectivity index is 1.38. The molecule has 0 aromatic heterocycles. The minimum atomic E-state index is -0.236. The molecular weight excluding hydrogens is 333 g/mol. The number of nitrogens with zero attached hydrogens (tertiary/aromatic N) is 2. The number of piperazine rings is 1. The second-order valence-corrected chi connectivity index (χ2v) is 6.30. The van der Waals surface area contributed by atoms with E-state index in [0.717, 1.165) is 30.1 Å². The Kier molecular flexibility index (Phi) is 5.94. The number of hydrogen-bond donors (Lipinski definition) is 1. The van der Waals surface area contributed by atoms with Crippen LogP contribution in [0.2, 0.25) is 0 Å². The van der Waals surface area contributed by atoms with Crippen LogP contribution in [0.1, 0.15) is 5.56 Å². The Labute approximate surface area is 153 Å². The van der Waals surface area contributed by atoms with Gasteiger partial charge in [-0.25, -0.2) is 9.18 Å². The molecule has 1 fully saturated rings. The summed E-state index contributed by atoms with van der Waals surface area (Å²) < 4.78 is 18.7. The maximum absolute atomic E-state index is 13.0. The maximum Gasteiger partial charge on any atom is 0.317 e. The van der Waals surface area contributed by atoms with E-state index in [4.69, 9.17) is 4.74 Å². The molecule has 0 bridgehead atoms. The van der Waals surface area contributed by atoms with Crippen LogP contribution in [0, 0.1) is 12.7 Å². The van der Waals surface area contributed by atoms with Gasteiger partial charge in [-0.05, 0) is 42.8 Å². The first-order chi connectivity index (χ1) is 12.6. The number of amides is 2. The fraction of sp³-hybridized carbons (Fsp3) is 0.350. The average molecular weight is 357 g/mol. The van der Waals surface area contributed by atoms with Crippen LogP contribution in [0.15, 0.2) is 48.5 Å². The zero-order valence-electron chi connectivity index (χ0n) is 15.0. The van der Waals surface area contributed by atoms with Crippen LogP contribution in [0.25, 0.3) is 0 Å². The quantitative estimate of drug-likeness (QED) is 0.837. The van der Waals surface area contributed by atoms with Crippen LogP contribution < -0.4 is 15.0 Å². The summed E-state index contributed by atoms with van der Waals surface area (Å²) in [6.45, 7) is 5.65. The summed E-state index contributed by atoms with van der Waals surface area (Å²) in [4.78, 5) is 16.2. The number of aryl methyl sites for hydroxylation is 1. The molecule has 26 heavy (non-hydrogen) atoms. The molecule has 138 valence electrons. The highest BCUT2D eigenvalue weighted by molar-refractivity contribution is 5.74. The number of nitrogens with one attached hydrogen (secondary N) is 1. The number of carbonyl (C=O) groups is 1. The molecule has 2 aromatic carbocycles. The Morgan fingerprint density at radius 1 is 1.08 bits per heavy atom. The van der Waals surface area contributed by atoms with Crippen LogP contribution in [-0.4, -0.2) is 50.3 Å². The molecule has 1 aliphatic heterocycles. The van der Waals surface area contributed by atoms with Gasteiger partial charge in [-0.15, -0.1) is 0 Å². The fourth-order valence-electron chi connectivity index (χ4n) is 2.97. The van der Waals surface area contributed by atoms with Crippen molar-refractivity contribution in [3.8, 4) is 5.75 Å². The summed E-state index contributed by atoms with van der Waals surface area (Å²) in [6.07, 6.45) is 0. The zero-order valence-corrected chi connectivity index (χ0v) is 15.0. The van der Waals surface area contributed by atoms with Crippen molar-refractivity contribution in [2.45, 2.75) is 6.92 Å². The first-order valence-corrected chi connectivity index (χ1v) is 8.85. The fourth-order valence-corrected chi connectivity index (χ4v) is 2.97. The van der Waals surface area contributed by atoms with E-state index in [1.54, 1.807) is 17.0 Å². The lowest BCUT2D eigenvalue weighted by atomic mass is 10.2. The predicted molar refractivity (Wildman–Crippen MR) is 100 cm³/mol. The van der Waals surface area contributed by atoms with Crippen molar-refractivity contribution < 1.29 is 13.9 Å². The lowest BCUT2D eigenvalue weighted by Crippen LogP contribution is -2.52. The van der Waals surface area contributed by atoms with Gasteiger partial charge >= 0.3 is 6.03 Å². The molecule has 1 aliphatic rings. The third kappa shape index (κ3) is 4.65. The SMILES string of the molecule is Cc1ccccc1OCCNC(=O)N1CCN(c2ccc(F)cc2)CC1. The third-order valence-corrected chi connectivity index (χ3v) is 4.49. The number of halogens is 1. The monoisotopic (exact) mass is 357 g/mol. The van der Waals surface area contributed by atoms with Crippen LogP contribution >= 0.6 is 0 Å². The topological polar surface area (TPSA) is 44.8 Å². The molecule has 1 saturated heterocycles. The van der Waals surface area contributed by atoms with Gasteiger partial charge in [0.15, 0.2) is 0 Å². The van der Waals surface area contributed by atoms with E-state index < -0.39 is 0 Å². The van der Waals surface area contributed by atoms with Crippen molar-refractivity contribution in [3.63, 3.8) is 0 Å². The standard InChI is InChI=1S/C20H24FN3O2/c1-16-4-2-3-5-19(16)26-15-10-22-20(25)24-13-11-23(12-14-24)18-8-6-17(21)7-9-18/h2-9H,10-15H2,1H3,(H,22,25). The molecule has 0 spiro atoms. The van der Waals surface area contributed by atoms with Gasteiger partial charge in [0.1, 0.15) is 18.2 Å². The summed E-state index contributed by atoms with van der Waals surface area (Å²) in [5.41, 5.74) is 2.06. The Morgan fingerprint density at radius 3 is 2.46 bits per heavy atom. The maximum atomic E-state index is 13.0. The lowest BCUT2D eigenvalue weighted by Gasteiger charge is -2.36. The first-order valence-electron chi connectivity index (χ1n) is 8.85. The molecule has 0 radical (unpaired) electrons. The van der Waals surface area contributed by atoms with Crippen molar-refractivity contribution in [2.75, 3.05) is 44.2 Å². The van der Waals surface area contributed by atoms with E-state index in [1.807, 2.05) is 31.2 Å². The van der Waals surface area contributed by atoms with Gasteiger partial charge in [-0.3, -0.25) is 0 Å². The van der Waals surface area contributed by atoms with Gasteiger partial charge in [-0.2, -0.15) is 0 Å². The minimum Gasteiger partial charge on any atom is -0.491 e. The molecule has 3 rings (SSSR count). The van der Waals surface area contributed by atoms with Gasteiger partial charge < -0.3 is 19.9 Å². The third-order valence-electron chi connectivity index (χ3n) is 4.49. The summed E-state index contributed by atoms with van der Waals surface area (Å²) in [5, 5.41) is 2.90. The van der Waals surface area contributed by atoms with Crippen molar-refractivity contribution in [3.05, 3.63) is 59.9 Å². The number of rotatable bonds is 5. The molecule has 0 atom stereocenters. The van der Waals surface area contributed by atoms with Crippen LogP contribution in [0.3, 0.4) is 0 Å². The number of urea groups is 1. The molecular formula is C20H24FN3O2. The van der Waals surface area contributed by atoms with Gasteiger partial charge in [0.05, 0.1) is 6.54 Å². The molecule has 6 heteroatoms. The largest absolute Gasteiger partial charge is 0.491 e. The summed E-state index contributed by atoms with van der Waals surface area (Å²) >= 11 is 0. The Morgan fingerprint density at radius 2 is 1.77 bits per heavy atom. The van der Waals surface area contributed by atoms with Crippen LogP contribution in [0.5, 0.6) is 5.75 Å². The van der Waals surface area contributed by atoms with E-state index in [-0.39, 0.29) is 11.8 Å². The van der Waals surface area contributed by atoms with Gasteiger partial charge in [0.2, 0.25) is 0 Å². The molecule has 0 aliphatic carbocycles. The molecule has 2 aromatic rings. The number of benzene rings is 2. The lowest BCUT2D eigenvalue weighted by molar-refractivity contribution is 0.191. The van der Waals surface area contributed by atoms with Crippen LogP contribution in [-0.2, 0) is 0 Å². The molecule has 5 nitrogen and oxygen atoms in total. The van der Waals surface area contributed by atoms with E-state index in [0.29, 0.717) is 26.2 Å². The van der Waals surface area contributed by atoms with Gasteiger partial charge in [0, 0.05) is 31.9 Å². The summed E-state index contributed by atoms with van der Waals surface area (Å²) in [5.74, 6) is 0.606. The highest BCUT2D eigenvalue weighted by Crippen LogP contribution is 2.17. The van der Waals surface area contributed by atoms with Crippen molar-refractivity contribution in [2.24, 2.45) is 0 Å². The Hall–Kier alpha value is -2.76. The van der Waals surface area contributed by atoms with Crippen molar-refractivity contribution in [1.82, 2.24) is 10.2 Å². The average Bonchev–Trinajstić information content (AvgIpc) is 2.67. The normalized spacial score (nSPS) is 14.2. The van der Waals surface area contributed by atoms with Gasteiger partial charge in [0.25, 0.3) is 0 Å². The molecule has 1 heterocycles. The molecule has 2 amide bonds. The van der Waals surface area contributed by atoms with Crippen molar-refractivity contribution in [1.29, 1.82) is 0 Å². The number of ether oxygens (including phenoxy) is 1. The first kappa shape index (κ1) is 18.0. The number of para-hydroxylation sites is 1. The van der Waals surface area contributed by atoms with E-state index in [1.165, 1.54) is 12.1 Å². The highest BCUT2D eigenvalue weighted by atomic mass is 19.1. The zero-order chi connectivity index (χ0) is 18.4. The highest BCUT2D eigenvalue weighted by Gasteiger charge is 2.21. The predicted octanol–water partition coefficient (Wildman–Crippen LogP) is 3.04. The summed E-state index contributed by atoms with van der Waals surface area (Å²) in [6, 6.07) is 14.2. The molecule has 0 unspecified atom stereocenters. The molecule has 0 saturated carbocycles. The minimum absolute atomic E-state index is 0.0721. The second kappa shape index (κ2) is 8.56.